The first-order valence-electron chi connectivity index (χ1n) is 27.2. The molecule has 0 N–H and O–H groups in total. The van der Waals surface area contributed by atoms with Gasteiger partial charge in [0.2, 0.25) is 0 Å². The molecule has 0 atom stereocenters. The van der Waals surface area contributed by atoms with Crippen LogP contribution < -0.4 is 0 Å². The summed E-state index contributed by atoms with van der Waals surface area (Å²) < 4.78 is 67.8. The van der Waals surface area contributed by atoms with Crippen molar-refractivity contribution in [2.75, 3.05) is 0 Å². The predicted octanol–water partition coefficient (Wildman–Crippen LogP) is 17.5. The number of hydrogen-bond acceptors (Lipinski definition) is 6. The van der Waals surface area contributed by atoms with Gasteiger partial charge >= 0.3 is 37.7 Å². The summed E-state index contributed by atoms with van der Waals surface area (Å²) in [4.78, 5) is -0.0874. The zero-order valence-corrected chi connectivity index (χ0v) is 46.1. The minimum atomic E-state index is -4.36. The topological polar surface area (TPSA) is 114 Å². The molecule has 0 spiro atoms. The zero-order valence-electron chi connectivity index (χ0n) is 42.3. The Morgan fingerprint density at radius 2 is 0.462 bits per heavy atom. The molecule has 6 nitrogen and oxygen atoms in total. The summed E-state index contributed by atoms with van der Waals surface area (Å²) in [5.41, 5.74) is 1.34. The van der Waals surface area contributed by atoms with Crippen LogP contribution in [0.25, 0.3) is 0 Å². The molecular formula is C56H98CaO6S2. The van der Waals surface area contributed by atoms with Gasteiger partial charge in [-0.15, -0.1) is 0 Å². The van der Waals surface area contributed by atoms with Gasteiger partial charge in [-0.05, 0) is 48.9 Å². The molecule has 0 heterocycles. The monoisotopic (exact) mass is 971 g/mol. The molecule has 2 rings (SSSR count). The second kappa shape index (κ2) is 45.9. The Hall–Kier alpha value is -0.480. The molecule has 0 unspecified atom stereocenters. The van der Waals surface area contributed by atoms with Gasteiger partial charge in [0.05, 0.1) is 9.79 Å². The molecule has 0 aromatic heterocycles. The third kappa shape index (κ3) is 40.0. The van der Waals surface area contributed by atoms with Crippen LogP contribution in [-0.2, 0) is 33.1 Å². The quantitative estimate of drug-likeness (QED) is 0.0371. The van der Waals surface area contributed by atoms with Gasteiger partial charge in [-0.25, -0.2) is 16.8 Å². The fourth-order valence-electron chi connectivity index (χ4n) is 9.05. The molecule has 9 heteroatoms. The molecule has 0 bridgehead atoms. The summed E-state index contributed by atoms with van der Waals surface area (Å²) in [7, 11) is -8.72. The van der Waals surface area contributed by atoms with Crippen molar-refractivity contribution in [3.63, 3.8) is 0 Å². The van der Waals surface area contributed by atoms with E-state index in [1.807, 2.05) is 0 Å². The van der Waals surface area contributed by atoms with Crippen LogP contribution in [0.2, 0.25) is 0 Å². The van der Waals surface area contributed by atoms with Crippen LogP contribution in [0.3, 0.4) is 0 Å². The van der Waals surface area contributed by atoms with Gasteiger partial charge in [0.15, 0.2) is 0 Å². The number of aryl methyl sites for hydroxylation is 2. The van der Waals surface area contributed by atoms with Gasteiger partial charge in [0.1, 0.15) is 20.2 Å². The summed E-state index contributed by atoms with van der Waals surface area (Å²) in [6, 6.07) is 13.2. The van der Waals surface area contributed by atoms with E-state index in [-0.39, 0.29) is 47.5 Å². The van der Waals surface area contributed by atoms with Gasteiger partial charge in [0.25, 0.3) is 0 Å². The largest absolute Gasteiger partial charge is 2.00 e. The third-order valence-corrected chi connectivity index (χ3v) is 15.0. The number of benzene rings is 2. The summed E-state index contributed by atoms with van der Waals surface area (Å²) >= 11 is 0. The molecule has 0 aliphatic carbocycles. The van der Waals surface area contributed by atoms with Gasteiger partial charge < -0.3 is 9.11 Å². The molecule has 0 amide bonds. The van der Waals surface area contributed by atoms with Crippen molar-refractivity contribution in [2.24, 2.45) is 0 Å². The second-order valence-electron chi connectivity index (χ2n) is 19.1. The van der Waals surface area contributed by atoms with E-state index in [2.05, 4.69) is 13.8 Å². The molecule has 0 saturated heterocycles. The van der Waals surface area contributed by atoms with E-state index < -0.39 is 20.2 Å². The van der Waals surface area contributed by atoms with Crippen LogP contribution in [0.4, 0.5) is 0 Å². The molecule has 65 heavy (non-hydrogen) atoms. The first-order valence-corrected chi connectivity index (χ1v) is 30.0. The van der Waals surface area contributed by atoms with Gasteiger partial charge in [-0.1, -0.05) is 294 Å². The van der Waals surface area contributed by atoms with Crippen molar-refractivity contribution in [3.05, 3.63) is 59.7 Å². The van der Waals surface area contributed by atoms with Crippen LogP contribution in [0.15, 0.2) is 58.3 Å². The summed E-state index contributed by atoms with van der Waals surface area (Å²) in [6.07, 6.45) is 55.3. The Morgan fingerprint density at radius 1 is 0.292 bits per heavy atom. The van der Waals surface area contributed by atoms with Gasteiger partial charge in [-0.3, -0.25) is 0 Å². The van der Waals surface area contributed by atoms with Crippen molar-refractivity contribution in [2.45, 2.75) is 293 Å². The zero-order chi connectivity index (χ0) is 46.7. The van der Waals surface area contributed by atoms with Crippen LogP contribution >= 0.6 is 0 Å². The van der Waals surface area contributed by atoms with E-state index in [0.717, 1.165) is 25.7 Å². The number of rotatable bonds is 44. The van der Waals surface area contributed by atoms with Crippen LogP contribution in [0, 0.1) is 0 Å². The van der Waals surface area contributed by atoms with Crippen molar-refractivity contribution >= 4 is 58.0 Å². The SMILES string of the molecule is CCCCCCCCCCCCCCCCCCCCCCc1ccccc1S(=O)(=O)[O-].CCCCCCCCCCCCCCCCCCCCCCc1ccccc1S(=O)(=O)[O-].[Ca+2]. The molecule has 0 saturated carbocycles. The Kier molecular flexibility index (Phi) is 45.6. The predicted molar refractivity (Wildman–Crippen MR) is 278 cm³/mol. The van der Waals surface area contributed by atoms with E-state index in [1.54, 1.807) is 36.4 Å². The molecule has 2 aromatic rings. The fourth-order valence-corrected chi connectivity index (χ4v) is 10.5. The fraction of sp³-hybridized carbons (Fsp3) is 0.786. The van der Waals surface area contributed by atoms with Crippen molar-refractivity contribution < 1.29 is 25.9 Å². The van der Waals surface area contributed by atoms with Gasteiger partial charge in [0, 0.05) is 0 Å². The Labute approximate surface area is 433 Å². The Balaban J connectivity index is 0.00000124. The molecule has 0 aliphatic heterocycles. The van der Waals surface area contributed by atoms with E-state index in [4.69, 9.17) is 0 Å². The normalized spacial score (nSPS) is 11.6. The van der Waals surface area contributed by atoms with Crippen LogP contribution in [0.1, 0.15) is 282 Å². The van der Waals surface area contributed by atoms with E-state index in [9.17, 15) is 25.9 Å². The van der Waals surface area contributed by atoms with E-state index >= 15 is 0 Å². The summed E-state index contributed by atoms with van der Waals surface area (Å²) in [5.74, 6) is 0. The maximum Gasteiger partial charge on any atom is 2.00 e. The third-order valence-electron chi connectivity index (χ3n) is 13.1. The van der Waals surface area contributed by atoms with Crippen molar-refractivity contribution in [1.29, 1.82) is 0 Å². The standard InChI is InChI=1S/2C28H50O3S.Ca/c2*1-2-3-4-5-6-7-8-9-10-11-12-13-14-15-16-17-18-19-20-21-24-27-25-22-23-26-28(27)32(29,30)31;/h2*22-23,25-26H,2-21,24H2,1H3,(H,29,30,31);/q;;+2/p-2. The summed E-state index contributed by atoms with van der Waals surface area (Å²) in [6.45, 7) is 4.56. The Morgan fingerprint density at radius 3 is 0.646 bits per heavy atom. The first-order chi connectivity index (χ1) is 31.1. The van der Waals surface area contributed by atoms with E-state index in [0.29, 0.717) is 24.0 Å². The van der Waals surface area contributed by atoms with Crippen LogP contribution in [-0.4, -0.2) is 63.7 Å². The Bertz CT molecular complexity index is 1430. The number of hydrogen-bond donors (Lipinski definition) is 0. The molecule has 0 aliphatic rings. The molecular weight excluding hydrogens is 873 g/mol. The number of unbranched alkanes of at least 4 members (excludes halogenated alkanes) is 38. The van der Waals surface area contributed by atoms with Crippen LogP contribution in [0.5, 0.6) is 0 Å². The molecule has 372 valence electrons. The maximum absolute atomic E-state index is 11.3. The smallest absolute Gasteiger partial charge is 0.744 e. The molecule has 0 fully saturated rings. The van der Waals surface area contributed by atoms with Gasteiger partial charge in [-0.2, -0.15) is 0 Å². The average Bonchev–Trinajstić information content (AvgIpc) is 3.27. The minimum Gasteiger partial charge on any atom is -0.744 e. The summed E-state index contributed by atoms with van der Waals surface area (Å²) in [5, 5.41) is 0. The second-order valence-corrected chi connectivity index (χ2v) is 21.8. The van der Waals surface area contributed by atoms with E-state index in [1.165, 1.54) is 243 Å². The minimum absolute atomic E-state index is 0. The molecule has 0 radical (unpaired) electrons. The van der Waals surface area contributed by atoms with Crippen molar-refractivity contribution in [3.8, 4) is 0 Å². The first kappa shape index (κ1) is 64.5. The molecule has 2 aromatic carbocycles. The average molecular weight is 972 g/mol. The maximum atomic E-state index is 11.3. The van der Waals surface area contributed by atoms with Crippen molar-refractivity contribution in [1.82, 2.24) is 0 Å².